The maximum Gasteiger partial charge on any atom is 0.292 e. The lowest BCUT2D eigenvalue weighted by molar-refractivity contribution is 0.0662. The molecule has 1 atom stereocenters. The first-order valence-corrected chi connectivity index (χ1v) is 10.9. The Morgan fingerprint density at radius 2 is 2.06 bits per heavy atom. The van der Waals surface area contributed by atoms with Crippen LogP contribution < -0.4 is 9.47 Å². The van der Waals surface area contributed by atoms with Crippen LogP contribution in [0.5, 0.6) is 11.5 Å². The van der Waals surface area contributed by atoms with Gasteiger partial charge in [0, 0.05) is 42.4 Å². The number of benzene rings is 1. The first-order chi connectivity index (χ1) is 16.1. The predicted molar refractivity (Wildman–Crippen MR) is 121 cm³/mol. The van der Waals surface area contributed by atoms with Crippen LogP contribution in [0.1, 0.15) is 40.8 Å². The van der Waals surface area contributed by atoms with E-state index in [1.807, 2.05) is 36.5 Å². The van der Waals surface area contributed by atoms with Crippen molar-refractivity contribution < 1.29 is 18.8 Å². The molecule has 4 heterocycles. The SMILES string of the molecule is COc1cccc(-c2ccc3nc([C@@H]4CCCN(C(=O)c5cc(C)no5)C4)nn3c2)c1OC. The van der Waals surface area contributed by atoms with Gasteiger partial charge in [0.05, 0.1) is 19.9 Å². The number of nitrogens with zero attached hydrogens (tertiary/aromatic N) is 5. The molecule has 1 aromatic carbocycles. The van der Waals surface area contributed by atoms with Crippen LogP contribution in [-0.4, -0.2) is 57.9 Å². The second-order valence-corrected chi connectivity index (χ2v) is 8.15. The molecule has 0 saturated carbocycles. The molecule has 9 nitrogen and oxygen atoms in total. The highest BCUT2D eigenvalue weighted by molar-refractivity contribution is 5.91. The van der Waals surface area contributed by atoms with Gasteiger partial charge in [-0.05, 0) is 38.0 Å². The third-order valence-corrected chi connectivity index (χ3v) is 5.97. The van der Waals surface area contributed by atoms with Crippen molar-refractivity contribution in [3.63, 3.8) is 0 Å². The van der Waals surface area contributed by atoms with Crippen LogP contribution in [0.3, 0.4) is 0 Å². The number of piperidine rings is 1. The molecule has 1 fully saturated rings. The third kappa shape index (κ3) is 3.90. The fourth-order valence-electron chi connectivity index (χ4n) is 4.34. The number of carbonyl (C=O) groups is 1. The lowest BCUT2D eigenvalue weighted by Crippen LogP contribution is -2.39. The van der Waals surface area contributed by atoms with E-state index in [1.165, 1.54) is 0 Å². The number of carbonyl (C=O) groups excluding carboxylic acids is 1. The highest BCUT2D eigenvalue weighted by Crippen LogP contribution is 2.37. The number of pyridine rings is 1. The van der Waals surface area contributed by atoms with Crippen molar-refractivity contribution in [3.05, 3.63) is 59.9 Å². The molecule has 0 N–H and O–H groups in total. The first-order valence-electron chi connectivity index (χ1n) is 10.9. The topological polar surface area (TPSA) is 95.0 Å². The molecule has 5 rings (SSSR count). The number of para-hydroxylation sites is 1. The van der Waals surface area contributed by atoms with Gasteiger partial charge in [-0.1, -0.05) is 17.3 Å². The maximum atomic E-state index is 12.8. The minimum absolute atomic E-state index is 0.0569. The van der Waals surface area contributed by atoms with Crippen LogP contribution in [-0.2, 0) is 0 Å². The van der Waals surface area contributed by atoms with E-state index in [4.69, 9.17) is 24.1 Å². The van der Waals surface area contributed by atoms with E-state index < -0.39 is 0 Å². The molecule has 33 heavy (non-hydrogen) atoms. The van der Waals surface area contributed by atoms with E-state index in [0.29, 0.717) is 30.3 Å². The zero-order chi connectivity index (χ0) is 22.9. The van der Waals surface area contributed by atoms with Crippen LogP contribution >= 0.6 is 0 Å². The highest BCUT2D eigenvalue weighted by Gasteiger charge is 2.29. The Morgan fingerprint density at radius 1 is 1.18 bits per heavy atom. The quantitative estimate of drug-likeness (QED) is 0.460. The highest BCUT2D eigenvalue weighted by atomic mass is 16.5. The minimum atomic E-state index is -0.142. The number of aromatic nitrogens is 4. The number of rotatable bonds is 5. The number of hydrogen-bond donors (Lipinski definition) is 0. The van der Waals surface area contributed by atoms with Crippen molar-refractivity contribution in [1.82, 2.24) is 24.7 Å². The summed E-state index contributed by atoms with van der Waals surface area (Å²) in [5, 5.41) is 8.58. The van der Waals surface area contributed by atoms with Crippen molar-refractivity contribution in [2.24, 2.45) is 0 Å². The van der Waals surface area contributed by atoms with Crippen molar-refractivity contribution in [2.45, 2.75) is 25.7 Å². The van der Waals surface area contributed by atoms with E-state index >= 15 is 0 Å². The summed E-state index contributed by atoms with van der Waals surface area (Å²) >= 11 is 0. The Labute approximate surface area is 190 Å². The summed E-state index contributed by atoms with van der Waals surface area (Å²) in [6.45, 7) is 3.03. The fraction of sp³-hybridized carbons (Fsp3) is 0.333. The average Bonchev–Trinajstić information content (AvgIpc) is 3.48. The number of aryl methyl sites for hydroxylation is 1. The molecule has 1 aliphatic heterocycles. The molecule has 0 radical (unpaired) electrons. The van der Waals surface area contributed by atoms with Crippen molar-refractivity contribution >= 4 is 11.6 Å². The number of fused-ring (bicyclic) bond motifs is 1. The Balaban J connectivity index is 1.42. The van der Waals surface area contributed by atoms with E-state index in [0.717, 1.165) is 35.4 Å². The van der Waals surface area contributed by atoms with Crippen LogP contribution in [0.2, 0.25) is 0 Å². The zero-order valence-electron chi connectivity index (χ0n) is 18.8. The molecule has 0 unspecified atom stereocenters. The van der Waals surface area contributed by atoms with Crippen LogP contribution in [0.15, 0.2) is 47.1 Å². The van der Waals surface area contributed by atoms with Crippen molar-refractivity contribution in [1.29, 1.82) is 0 Å². The molecule has 4 aromatic rings. The number of likely N-dealkylation sites (tertiary alicyclic amines) is 1. The zero-order valence-corrected chi connectivity index (χ0v) is 18.8. The number of ether oxygens (including phenoxy) is 2. The third-order valence-electron chi connectivity index (χ3n) is 5.97. The molecular weight excluding hydrogens is 422 g/mol. The number of hydrogen-bond acceptors (Lipinski definition) is 7. The molecule has 1 saturated heterocycles. The second kappa shape index (κ2) is 8.57. The van der Waals surface area contributed by atoms with Gasteiger partial charge in [-0.2, -0.15) is 5.10 Å². The summed E-state index contributed by atoms with van der Waals surface area (Å²) in [6.07, 6.45) is 3.74. The van der Waals surface area contributed by atoms with E-state index in [1.54, 1.807) is 36.6 Å². The van der Waals surface area contributed by atoms with E-state index in [-0.39, 0.29) is 17.6 Å². The Kier molecular flexibility index (Phi) is 5.45. The molecule has 0 bridgehead atoms. The predicted octanol–water partition coefficient (Wildman–Crippen LogP) is 3.73. The number of methoxy groups -OCH3 is 2. The lowest BCUT2D eigenvalue weighted by Gasteiger charge is -2.30. The normalized spacial score (nSPS) is 16.2. The molecule has 9 heteroatoms. The fourth-order valence-corrected chi connectivity index (χ4v) is 4.34. The molecule has 170 valence electrons. The van der Waals surface area contributed by atoms with Gasteiger partial charge in [0.1, 0.15) is 0 Å². The van der Waals surface area contributed by atoms with Crippen molar-refractivity contribution in [2.75, 3.05) is 27.3 Å². The largest absolute Gasteiger partial charge is 0.493 e. The van der Waals surface area contributed by atoms with Crippen LogP contribution in [0, 0.1) is 6.92 Å². The maximum absolute atomic E-state index is 12.8. The lowest BCUT2D eigenvalue weighted by atomic mass is 9.97. The van der Waals surface area contributed by atoms with E-state index in [9.17, 15) is 4.79 Å². The van der Waals surface area contributed by atoms with Gasteiger partial charge < -0.3 is 18.9 Å². The van der Waals surface area contributed by atoms with Gasteiger partial charge >= 0.3 is 0 Å². The van der Waals surface area contributed by atoms with Gasteiger partial charge in [-0.3, -0.25) is 4.79 Å². The standard InChI is InChI=1S/C24H25N5O4/c1-15-12-20(33-27-15)24(30)28-11-5-6-17(13-28)23-25-21-10-9-16(14-29(21)26-23)18-7-4-8-19(31-2)22(18)32-3/h4,7-10,12,14,17H,5-6,11,13H2,1-3H3/t17-/m1/s1. The van der Waals surface area contributed by atoms with Crippen molar-refractivity contribution in [3.8, 4) is 22.6 Å². The summed E-state index contributed by atoms with van der Waals surface area (Å²) in [5.41, 5.74) is 3.30. The number of amides is 1. The van der Waals surface area contributed by atoms with E-state index in [2.05, 4.69) is 5.16 Å². The molecule has 1 amide bonds. The minimum Gasteiger partial charge on any atom is -0.493 e. The van der Waals surface area contributed by atoms with Gasteiger partial charge in [0.15, 0.2) is 23.0 Å². The molecule has 0 spiro atoms. The average molecular weight is 447 g/mol. The summed E-state index contributed by atoms with van der Waals surface area (Å²) < 4.78 is 18.0. The smallest absolute Gasteiger partial charge is 0.292 e. The molecule has 0 aliphatic carbocycles. The second-order valence-electron chi connectivity index (χ2n) is 8.15. The summed E-state index contributed by atoms with van der Waals surface area (Å²) in [5.74, 6) is 2.26. The molecule has 3 aromatic heterocycles. The summed E-state index contributed by atoms with van der Waals surface area (Å²) in [4.78, 5) is 19.3. The summed E-state index contributed by atoms with van der Waals surface area (Å²) in [6, 6.07) is 11.4. The summed E-state index contributed by atoms with van der Waals surface area (Å²) in [7, 11) is 3.25. The van der Waals surface area contributed by atoms with Gasteiger partial charge in [0.25, 0.3) is 5.91 Å². The Bertz CT molecular complexity index is 1310. The molecular formula is C24H25N5O4. The Hall–Kier alpha value is -3.88. The van der Waals surface area contributed by atoms with Gasteiger partial charge in [-0.25, -0.2) is 9.50 Å². The first kappa shape index (κ1) is 21.0. The van der Waals surface area contributed by atoms with Gasteiger partial charge in [0.2, 0.25) is 5.76 Å². The van der Waals surface area contributed by atoms with Gasteiger partial charge in [-0.15, -0.1) is 0 Å². The van der Waals surface area contributed by atoms with Crippen LogP contribution in [0.4, 0.5) is 0 Å². The van der Waals surface area contributed by atoms with Crippen LogP contribution in [0.25, 0.3) is 16.8 Å². The molecule has 1 aliphatic rings. The monoisotopic (exact) mass is 447 g/mol. The Morgan fingerprint density at radius 3 is 2.82 bits per heavy atom.